The van der Waals surface area contributed by atoms with Crippen LogP contribution in [0.4, 0.5) is 36.4 Å². The molecule has 0 bridgehead atoms. The molecule has 10 heteroatoms. The highest BCUT2D eigenvalue weighted by Crippen LogP contribution is 2.38. The van der Waals surface area contributed by atoms with Gasteiger partial charge in [-0.3, -0.25) is 4.79 Å². The monoisotopic (exact) mass is 327 g/mol. The van der Waals surface area contributed by atoms with Gasteiger partial charge in [-0.05, 0) is 12.1 Å². The van der Waals surface area contributed by atoms with Gasteiger partial charge in [0.2, 0.25) is 5.69 Å². The van der Waals surface area contributed by atoms with Crippen LogP contribution in [0.2, 0.25) is 0 Å². The fraction of sp³-hybridized carbons (Fsp3) is 0.167. The Hall–Kier alpha value is -2.57. The molecule has 0 heterocycles. The van der Waals surface area contributed by atoms with Gasteiger partial charge < -0.3 is 5.11 Å². The predicted molar refractivity (Wildman–Crippen MR) is 59.3 cm³/mol. The minimum absolute atomic E-state index is 0.0276. The fourth-order valence-corrected chi connectivity index (χ4v) is 1.38. The Morgan fingerprint density at radius 1 is 1.18 bits per heavy atom. The molecular weight excluding hydrogens is 323 g/mol. The Kier molecular flexibility index (Phi) is 4.50. The van der Waals surface area contributed by atoms with Crippen molar-refractivity contribution in [3.8, 4) is 0 Å². The minimum atomic E-state index is -5.42. The lowest BCUT2D eigenvalue weighted by Gasteiger charge is -2.13. The van der Waals surface area contributed by atoms with Crippen molar-refractivity contribution >= 4 is 17.2 Å². The molecule has 22 heavy (non-hydrogen) atoms. The number of hydrogen-bond acceptors (Lipinski definition) is 2. The van der Waals surface area contributed by atoms with Gasteiger partial charge >= 0.3 is 12.4 Å². The van der Waals surface area contributed by atoms with E-state index in [1.54, 1.807) is 0 Å². The first-order chi connectivity index (χ1) is 9.87. The van der Waals surface area contributed by atoms with Gasteiger partial charge in [-0.15, -0.1) is 0 Å². The third kappa shape index (κ3) is 3.75. The summed E-state index contributed by atoms with van der Waals surface area (Å²) < 4.78 is 87.6. The molecule has 0 amide bonds. The number of hydrogen-bond donors (Lipinski definition) is 1. The van der Waals surface area contributed by atoms with Gasteiger partial charge in [-0.25, -0.2) is 9.24 Å². The quantitative estimate of drug-likeness (QED) is 0.378. The Labute approximate surface area is 118 Å². The van der Waals surface area contributed by atoms with E-state index in [1.165, 1.54) is 0 Å². The molecule has 0 aliphatic rings. The van der Waals surface area contributed by atoms with Gasteiger partial charge in [0.05, 0.1) is 12.1 Å². The Bertz CT molecular complexity index is 680. The van der Waals surface area contributed by atoms with Crippen LogP contribution in [0.1, 0.15) is 11.1 Å². The Balaban J connectivity index is 3.54. The maximum atomic E-state index is 13.3. The molecule has 0 spiro atoms. The van der Waals surface area contributed by atoms with E-state index in [4.69, 9.17) is 6.57 Å². The Morgan fingerprint density at radius 3 is 2.14 bits per heavy atom. The van der Waals surface area contributed by atoms with E-state index in [0.29, 0.717) is 0 Å². The molecule has 0 radical (unpaired) electrons. The summed E-state index contributed by atoms with van der Waals surface area (Å²) in [6, 6.07) is 0.0610. The number of nitrogens with zero attached hydrogens (tertiary/aromatic N) is 1. The number of alkyl halides is 6. The molecule has 118 valence electrons. The summed E-state index contributed by atoms with van der Waals surface area (Å²) in [5, 5.41) is 9.28. The third-order valence-corrected chi connectivity index (χ3v) is 2.34. The van der Waals surface area contributed by atoms with Crippen LogP contribution >= 0.6 is 0 Å². The van der Waals surface area contributed by atoms with Gasteiger partial charge in [0, 0.05) is 11.6 Å². The van der Waals surface area contributed by atoms with Crippen LogP contribution in [0.25, 0.3) is 10.6 Å². The van der Waals surface area contributed by atoms with Gasteiger partial charge in [-0.1, -0.05) is 0 Å². The molecular formula is C12H4F7NO2. The standard InChI is InChI=1S/C12H4F7NO2/c1-20-8-3-6(11(14,15)16)5(2-7(8)13)9(21)4-10(22)12(17,18)19/h2-4,21H/b9-4-. The van der Waals surface area contributed by atoms with Gasteiger partial charge in [-0.2, -0.15) is 26.3 Å². The van der Waals surface area contributed by atoms with E-state index < -0.39 is 52.6 Å². The average Bonchev–Trinajstić information content (AvgIpc) is 2.35. The third-order valence-electron chi connectivity index (χ3n) is 2.34. The van der Waals surface area contributed by atoms with E-state index in [1.807, 2.05) is 0 Å². The van der Waals surface area contributed by atoms with Crippen LogP contribution < -0.4 is 0 Å². The number of aliphatic hydroxyl groups is 1. The van der Waals surface area contributed by atoms with E-state index in [2.05, 4.69) is 4.85 Å². The normalized spacial score (nSPS) is 12.9. The summed E-state index contributed by atoms with van der Waals surface area (Å²) in [6.07, 6.45) is -11.1. The SMILES string of the molecule is [C-]#[N+]c1cc(C(F)(F)F)c(/C(O)=C/C(=O)C(F)(F)F)cc1F. The van der Waals surface area contributed by atoms with Gasteiger partial charge in [0.15, 0.2) is 0 Å². The van der Waals surface area contributed by atoms with Crippen LogP contribution in [-0.2, 0) is 11.0 Å². The molecule has 0 aliphatic heterocycles. The number of benzene rings is 1. The van der Waals surface area contributed by atoms with E-state index in [-0.39, 0.29) is 12.1 Å². The van der Waals surface area contributed by atoms with Crippen molar-refractivity contribution in [3.63, 3.8) is 0 Å². The molecule has 0 aliphatic carbocycles. The van der Waals surface area contributed by atoms with Crippen LogP contribution in [0, 0.1) is 12.4 Å². The smallest absolute Gasteiger partial charge is 0.454 e. The fourth-order valence-electron chi connectivity index (χ4n) is 1.38. The summed E-state index contributed by atoms with van der Waals surface area (Å²) in [5.41, 5.74) is -4.16. The Morgan fingerprint density at radius 2 is 1.73 bits per heavy atom. The van der Waals surface area contributed by atoms with Crippen molar-refractivity contribution in [2.45, 2.75) is 12.4 Å². The number of carbonyl (C=O) groups excluding carboxylic acids is 1. The second kappa shape index (κ2) is 5.67. The largest absolute Gasteiger partial charge is 0.507 e. The number of carbonyl (C=O) groups is 1. The first kappa shape index (κ1) is 17.5. The number of allylic oxidation sites excluding steroid dienone is 1. The highest BCUT2D eigenvalue weighted by atomic mass is 19.4. The molecule has 3 nitrogen and oxygen atoms in total. The van der Waals surface area contributed by atoms with Gasteiger partial charge in [0.1, 0.15) is 11.6 Å². The van der Waals surface area contributed by atoms with E-state index in [9.17, 15) is 40.6 Å². The zero-order chi connectivity index (χ0) is 17.3. The minimum Gasteiger partial charge on any atom is -0.507 e. The number of rotatable bonds is 2. The molecule has 1 aromatic rings. The zero-order valence-corrected chi connectivity index (χ0v) is 10.2. The first-order valence-electron chi connectivity index (χ1n) is 5.18. The van der Waals surface area contributed by atoms with Crippen molar-refractivity contribution in [2.75, 3.05) is 0 Å². The molecule has 0 atom stereocenters. The molecule has 0 fully saturated rings. The summed E-state index contributed by atoms with van der Waals surface area (Å²) in [6.45, 7) is 6.50. The highest BCUT2D eigenvalue weighted by Gasteiger charge is 2.39. The lowest BCUT2D eigenvalue weighted by atomic mass is 10.0. The summed E-state index contributed by atoms with van der Waals surface area (Å²) in [7, 11) is 0. The van der Waals surface area contributed by atoms with Crippen molar-refractivity contribution in [1.82, 2.24) is 0 Å². The lowest BCUT2D eigenvalue weighted by Crippen LogP contribution is -2.20. The molecule has 0 unspecified atom stereocenters. The van der Waals surface area contributed by atoms with Crippen molar-refractivity contribution in [3.05, 3.63) is 46.6 Å². The topological polar surface area (TPSA) is 41.7 Å². The second-order valence-electron chi connectivity index (χ2n) is 3.85. The molecule has 1 N–H and O–H groups in total. The lowest BCUT2D eigenvalue weighted by molar-refractivity contribution is -0.165. The predicted octanol–water partition coefficient (Wildman–Crippen LogP) is 4.43. The summed E-state index contributed by atoms with van der Waals surface area (Å²) in [5.74, 6) is -5.82. The second-order valence-corrected chi connectivity index (χ2v) is 3.85. The van der Waals surface area contributed by atoms with Crippen LogP contribution in [0.15, 0.2) is 18.2 Å². The van der Waals surface area contributed by atoms with Crippen LogP contribution in [0.5, 0.6) is 0 Å². The first-order valence-corrected chi connectivity index (χ1v) is 5.18. The van der Waals surface area contributed by atoms with Gasteiger partial charge in [0.25, 0.3) is 5.78 Å². The number of halogens is 7. The highest BCUT2D eigenvalue weighted by molar-refractivity contribution is 5.99. The maximum absolute atomic E-state index is 13.3. The summed E-state index contributed by atoms with van der Waals surface area (Å²) >= 11 is 0. The van der Waals surface area contributed by atoms with Crippen LogP contribution in [0.3, 0.4) is 0 Å². The van der Waals surface area contributed by atoms with Crippen molar-refractivity contribution < 1.29 is 40.6 Å². The molecule has 0 saturated carbocycles. The van der Waals surface area contributed by atoms with Crippen molar-refractivity contribution in [1.29, 1.82) is 0 Å². The van der Waals surface area contributed by atoms with Crippen molar-refractivity contribution in [2.24, 2.45) is 0 Å². The summed E-state index contributed by atoms with van der Waals surface area (Å²) in [4.78, 5) is 13.1. The average molecular weight is 327 g/mol. The molecule has 0 saturated heterocycles. The van der Waals surface area contributed by atoms with Crippen LogP contribution in [-0.4, -0.2) is 17.1 Å². The van der Waals surface area contributed by atoms with E-state index >= 15 is 0 Å². The molecule has 1 rings (SSSR count). The number of aliphatic hydroxyl groups excluding tert-OH is 1. The molecule has 1 aromatic carbocycles. The maximum Gasteiger partial charge on any atom is 0.454 e. The zero-order valence-electron chi connectivity index (χ0n) is 10.2. The molecule has 0 aromatic heterocycles. The van der Waals surface area contributed by atoms with E-state index in [0.717, 1.165) is 0 Å². The number of ketones is 1.